The number of primary amides is 1. The van der Waals surface area contributed by atoms with Crippen LogP contribution in [0, 0.1) is 0 Å². The summed E-state index contributed by atoms with van der Waals surface area (Å²) in [6, 6.07) is 19.5. The van der Waals surface area contributed by atoms with Crippen LogP contribution in [0.3, 0.4) is 0 Å². The highest BCUT2D eigenvalue weighted by Gasteiger charge is 2.25. The molecule has 0 aliphatic carbocycles. The molecule has 0 bridgehead atoms. The first kappa shape index (κ1) is 23.2. The van der Waals surface area contributed by atoms with E-state index in [2.05, 4.69) is 4.98 Å². The van der Waals surface area contributed by atoms with Gasteiger partial charge in [0, 0.05) is 47.2 Å². The number of amides is 2. The molecule has 0 radical (unpaired) electrons. The number of H-pyrrole nitrogens is 1. The molecule has 0 saturated carbocycles. The number of methoxy groups -OCH3 is 1. The van der Waals surface area contributed by atoms with Gasteiger partial charge in [0.1, 0.15) is 12.4 Å². The Balaban J connectivity index is 1.34. The smallest absolute Gasteiger partial charge is 0.337 e. The number of esters is 1. The maximum absolute atomic E-state index is 13.4. The molecule has 2 amide bonds. The number of nitrogens with zero attached hydrogens (tertiary/aromatic N) is 1. The summed E-state index contributed by atoms with van der Waals surface area (Å²) in [5.41, 5.74) is 10.6. The molecule has 0 spiro atoms. The zero-order valence-corrected chi connectivity index (χ0v) is 19.7. The van der Waals surface area contributed by atoms with Gasteiger partial charge in [-0.1, -0.05) is 24.3 Å². The Bertz CT molecular complexity index is 1490. The molecule has 3 aromatic carbocycles. The van der Waals surface area contributed by atoms with E-state index < -0.39 is 11.9 Å². The molecule has 3 N–H and O–H groups in total. The Morgan fingerprint density at radius 2 is 1.83 bits per heavy atom. The highest BCUT2D eigenvalue weighted by atomic mass is 16.5. The predicted octanol–water partition coefficient (Wildman–Crippen LogP) is 3.83. The Kier molecular flexibility index (Phi) is 6.16. The van der Waals surface area contributed by atoms with Crippen molar-refractivity contribution in [1.29, 1.82) is 0 Å². The van der Waals surface area contributed by atoms with Crippen molar-refractivity contribution in [2.75, 3.05) is 13.7 Å². The SMILES string of the molecule is COC(=O)c1ccc2[nH]c3c(c2c1)CN(C(=O)c1cccc(COc2ccccc2C(N)=O)c1)CC3. The molecule has 4 aromatic rings. The van der Waals surface area contributed by atoms with Crippen LogP contribution < -0.4 is 10.5 Å². The van der Waals surface area contributed by atoms with Crippen LogP contribution in [0.15, 0.2) is 66.7 Å². The van der Waals surface area contributed by atoms with Crippen LogP contribution in [0.1, 0.15) is 47.9 Å². The van der Waals surface area contributed by atoms with Gasteiger partial charge in [-0.25, -0.2) is 4.79 Å². The number of nitrogens with one attached hydrogen (secondary N) is 1. The highest BCUT2D eigenvalue weighted by Crippen LogP contribution is 2.29. The molecule has 0 unspecified atom stereocenters. The van der Waals surface area contributed by atoms with Crippen LogP contribution in [0.25, 0.3) is 10.9 Å². The van der Waals surface area contributed by atoms with Gasteiger partial charge in [0.2, 0.25) is 0 Å². The lowest BCUT2D eigenvalue weighted by atomic mass is 10.0. The first-order valence-corrected chi connectivity index (χ1v) is 11.6. The molecule has 0 fully saturated rings. The van der Waals surface area contributed by atoms with Gasteiger partial charge in [-0.2, -0.15) is 0 Å². The van der Waals surface area contributed by atoms with Gasteiger partial charge >= 0.3 is 5.97 Å². The fourth-order valence-corrected chi connectivity index (χ4v) is 4.57. The van der Waals surface area contributed by atoms with Gasteiger partial charge in [-0.15, -0.1) is 0 Å². The molecule has 0 saturated heterocycles. The molecule has 5 rings (SSSR count). The Morgan fingerprint density at radius 3 is 2.64 bits per heavy atom. The van der Waals surface area contributed by atoms with E-state index in [9.17, 15) is 14.4 Å². The summed E-state index contributed by atoms with van der Waals surface area (Å²) in [5.74, 6) is -0.641. The van der Waals surface area contributed by atoms with Crippen molar-refractivity contribution in [3.8, 4) is 5.75 Å². The van der Waals surface area contributed by atoms with Gasteiger partial charge in [-0.3, -0.25) is 9.59 Å². The van der Waals surface area contributed by atoms with E-state index in [1.165, 1.54) is 7.11 Å². The fourth-order valence-electron chi connectivity index (χ4n) is 4.57. The number of benzene rings is 3. The first-order valence-electron chi connectivity index (χ1n) is 11.6. The number of carbonyl (C=O) groups is 3. The molecule has 1 aliphatic rings. The van der Waals surface area contributed by atoms with Gasteiger partial charge in [0.25, 0.3) is 11.8 Å². The summed E-state index contributed by atoms with van der Waals surface area (Å²) in [4.78, 5) is 42.3. The number of rotatable bonds is 6. The van der Waals surface area contributed by atoms with Crippen LogP contribution in [-0.2, 0) is 24.3 Å². The summed E-state index contributed by atoms with van der Waals surface area (Å²) in [6.45, 7) is 1.20. The first-order chi connectivity index (χ1) is 17.4. The van der Waals surface area contributed by atoms with Crippen LogP contribution in [0.2, 0.25) is 0 Å². The standard InChI is InChI=1S/C28H25N3O5/c1-35-28(34)19-9-10-23-21(14-19)22-15-31(12-11-24(22)30-23)27(33)18-6-4-5-17(13-18)16-36-25-8-3-2-7-20(25)26(29)32/h2-10,13-14,30H,11-12,15-16H2,1H3,(H2,29,32). The topological polar surface area (TPSA) is 115 Å². The number of fused-ring (bicyclic) bond motifs is 3. The van der Waals surface area contributed by atoms with E-state index in [1.54, 1.807) is 42.5 Å². The average molecular weight is 484 g/mol. The van der Waals surface area contributed by atoms with Gasteiger partial charge in [-0.05, 0) is 48.0 Å². The second-order valence-electron chi connectivity index (χ2n) is 8.66. The fraction of sp³-hybridized carbons (Fsp3) is 0.179. The van der Waals surface area contributed by atoms with E-state index in [1.807, 2.05) is 29.2 Å². The van der Waals surface area contributed by atoms with Crippen molar-refractivity contribution in [3.05, 3.63) is 100 Å². The van der Waals surface area contributed by atoms with E-state index in [-0.39, 0.29) is 12.5 Å². The minimum absolute atomic E-state index is 0.0847. The monoisotopic (exact) mass is 483 g/mol. The Morgan fingerprint density at radius 1 is 1.00 bits per heavy atom. The van der Waals surface area contributed by atoms with Crippen molar-refractivity contribution in [2.24, 2.45) is 5.73 Å². The number of hydrogen-bond acceptors (Lipinski definition) is 5. The molecular formula is C28H25N3O5. The zero-order valence-electron chi connectivity index (χ0n) is 19.7. The van der Waals surface area contributed by atoms with E-state index in [4.69, 9.17) is 15.2 Å². The minimum atomic E-state index is -0.560. The maximum Gasteiger partial charge on any atom is 0.337 e. The lowest BCUT2D eigenvalue weighted by Crippen LogP contribution is -2.35. The number of aromatic amines is 1. The molecule has 8 heteroatoms. The molecule has 8 nitrogen and oxygen atoms in total. The predicted molar refractivity (Wildman–Crippen MR) is 134 cm³/mol. The summed E-state index contributed by atoms with van der Waals surface area (Å²) in [5, 5.41) is 0.917. The number of aromatic nitrogens is 1. The van der Waals surface area contributed by atoms with Crippen LogP contribution in [0.4, 0.5) is 0 Å². The van der Waals surface area contributed by atoms with Crippen molar-refractivity contribution >= 4 is 28.7 Å². The van der Waals surface area contributed by atoms with E-state index in [0.717, 1.165) is 27.7 Å². The molecule has 1 aliphatic heterocycles. The van der Waals surface area contributed by atoms with E-state index >= 15 is 0 Å². The number of ether oxygens (including phenoxy) is 2. The molecule has 182 valence electrons. The molecule has 2 heterocycles. The normalized spacial score (nSPS) is 12.8. The molecule has 0 atom stereocenters. The third-order valence-corrected chi connectivity index (χ3v) is 6.40. The van der Waals surface area contributed by atoms with Crippen molar-refractivity contribution in [3.63, 3.8) is 0 Å². The number of nitrogens with two attached hydrogens (primary N) is 1. The van der Waals surface area contributed by atoms with Crippen LogP contribution >= 0.6 is 0 Å². The van der Waals surface area contributed by atoms with E-state index in [0.29, 0.717) is 42.0 Å². The molecule has 1 aromatic heterocycles. The molecular weight excluding hydrogens is 458 g/mol. The summed E-state index contributed by atoms with van der Waals surface area (Å²) in [6.07, 6.45) is 0.690. The maximum atomic E-state index is 13.4. The summed E-state index contributed by atoms with van der Waals surface area (Å²) < 4.78 is 10.7. The van der Waals surface area contributed by atoms with Gasteiger partial charge in [0.05, 0.1) is 18.2 Å². The quantitative estimate of drug-likeness (QED) is 0.405. The van der Waals surface area contributed by atoms with Crippen LogP contribution in [-0.4, -0.2) is 41.3 Å². The van der Waals surface area contributed by atoms with Crippen molar-refractivity contribution < 1.29 is 23.9 Å². The third kappa shape index (κ3) is 4.40. The zero-order chi connectivity index (χ0) is 25.2. The number of para-hydroxylation sites is 1. The summed E-state index contributed by atoms with van der Waals surface area (Å²) in [7, 11) is 1.36. The second-order valence-corrected chi connectivity index (χ2v) is 8.66. The highest BCUT2D eigenvalue weighted by molar-refractivity contribution is 5.98. The lowest BCUT2D eigenvalue weighted by molar-refractivity contribution is 0.0600. The third-order valence-electron chi connectivity index (χ3n) is 6.40. The minimum Gasteiger partial charge on any atom is -0.488 e. The Hall–Kier alpha value is -4.59. The average Bonchev–Trinajstić information content (AvgIpc) is 3.28. The number of hydrogen-bond donors (Lipinski definition) is 2. The van der Waals surface area contributed by atoms with Crippen molar-refractivity contribution in [1.82, 2.24) is 9.88 Å². The largest absolute Gasteiger partial charge is 0.488 e. The van der Waals surface area contributed by atoms with Crippen molar-refractivity contribution in [2.45, 2.75) is 19.6 Å². The molecule has 36 heavy (non-hydrogen) atoms. The summed E-state index contributed by atoms with van der Waals surface area (Å²) >= 11 is 0. The lowest BCUT2D eigenvalue weighted by Gasteiger charge is -2.27. The van der Waals surface area contributed by atoms with Gasteiger partial charge in [0.15, 0.2) is 0 Å². The van der Waals surface area contributed by atoms with Crippen LogP contribution in [0.5, 0.6) is 5.75 Å². The Labute approximate surface area is 207 Å². The van der Waals surface area contributed by atoms with Gasteiger partial charge < -0.3 is 25.1 Å². The second kappa shape index (κ2) is 9.58. The number of carbonyl (C=O) groups excluding carboxylic acids is 3.